The van der Waals surface area contributed by atoms with E-state index < -0.39 is 12.5 Å². The van der Waals surface area contributed by atoms with Crippen LogP contribution >= 0.6 is 0 Å². The van der Waals surface area contributed by atoms with Gasteiger partial charge in [0, 0.05) is 0 Å². The zero-order valence-electron chi connectivity index (χ0n) is 4.56. The second kappa shape index (κ2) is 2.77. The molecule has 48 valence electrons. The summed E-state index contributed by atoms with van der Waals surface area (Å²) in [6, 6.07) is 0. The molecule has 1 nitrogen and oxygen atoms in total. The molecule has 0 aliphatic heterocycles. The molecule has 0 aliphatic carbocycles. The molecular weight excluding hydrogens is 114 g/mol. The van der Waals surface area contributed by atoms with E-state index in [2.05, 4.69) is 0 Å². The van der Waals surface area contributed by atoms with Crippen LogP contribution in [-0.4, -0.2) is 17.6 Å². The number of allylic oxidation sites excluding steroid dienone is 1. The number of aliphatic hydroxyl groups excluding tert-OH is 1. The van der Waals surface area contributed by atoms with Gasteiger partial charge < -0.3 is 5.11 Å². The first-order valence-corrected chi connectivity index (χ1v) is 2.25. The van der Waals surface area contributed by atoms with Gasteiger partial charge in [-0.05, 0) is 13.0 Å². The number of rotatable bonds is 2. The highest BCUT2D eigenvalue weighted by Crippen LogP contribution is 2.12. The SMILES string of the molecule is C/C=C\C(F)(F)CO. The molecule has 8 heavy (non-hydrogen) atoms. The van der Waals surface area contributed by atoms with Crippen LogP contribution in [-0.2, 0) is 0 Å². The van der Waals surface area contributed by atoms with Crippen LogP contribution in [0.15, 0.2) is 12.2 Å². The van der Waals surface area contributed by atoms with Gasteiger partial charge in [0.2, 0.25) is 0 Å². The topological polar surface area (TPSA) is 20.2 Å². The molecule has 0 spiro atoms. The summed E-state index contributed by atoms with van der Waals surface area (Å²) in [5.41, 5.74) is 0. The van der Waals surface area contributed by atoms with Gasteiger partial charge in [-0.3, -0.25) is 0 Å². The fourth-order valence-electron chi connectivity index (χ4n) is 0.297. The van der Waals surface area contributed by atoms with Crippen LogP contribution in [0.5, 0.6) is 0 Å². The standard InChI is InChI=1S/C5H8F2O/c1-2-3-5(6,7)4-8/h2-3,8H,4H2,1H3/b3-2-. The van der Waals surface area contributed by atoms with Crippen LogP contribution in [0, 0.1) is 0 Å². The number of hydrogen-bond donors (Lipinski definition) is 1. The lowest BCUT2D eigenvalue weighted by Crippen LogP contribution is -2.16. The second-order valence-corrected chi connectivity index (χ2v) is 1.42. The lowest BCUT2D eigenvalue weighted by atomic mass is 10.3. The molecule has 0 saturated carbocycles. The third-order valence-electron chi connectivity index (χ3n) is 0.621. The van der Waals surface area contributed by atoms with E-state index in [4.69, 9.17) is 5.11 Å². The van der Waals surface area contributed by atoms with Crippen LogP contribution in [0.4, 0.5) is 8.78 Å². The van der Waals surface area contributed by atoms with Gasteiger partial charge in [0.25, 0.3) is 5.92 Å². The average Bonchev–Trinajstić information content (AvgIpc) is 1.67. The van der Waals surface area contributed by atoms with E-state index in [9.17, 15) is 8.78 Å². The van der Waals surface area contributed by atoms with Crippen molar-refractivity contribution in [1.29, 1.82) is 0 Å². The highest BCUT2D eigenvalue weighted by Gasteiger charge is 2.21. The van der Waals surface area contributed by atoms with Gasteiger partial charge in [0.1, 0.15) is 6.61 Å². The number of halogens is 2. The van der Waals surface area contributed by atoms with E-state index in [1.54, 1.807) is 0 Å². The molecule has 0 amide bonds. The monoisotopic (exact) mass is 122 g/mol. The molecule has 0 aromatic heterocycles. The Morgan fingerprint density at radius 1 is 1.62 bits per heavy atom. The van der Waals surface area contributed by atoms with Crippen molar-refractivity contribution < 1.29 is 13.9 Å². The molecule has 0 atom stereocenters. The Balaban J connectivity index is 3.71. The third-order valence-corrected chi connectivity index (χ3v) is 0.621. The fraction of sp³-hybridized carbons (Fsp3) is 0.600. The molecule has 0 heterocycles. The van der Waals surface area contributed by atoms with E-state index in [1.165, 1.54) is 13.0 Å². The lowest BCUT2D eigenvalue weighted by molar-refractivity contribution is -0.00492. The summed E-state index contributed by atoms with van der Waals surface area (Å²) >= 11 is 0. The summed E-state index contributed by atoms with van der Waals surface area (Å²) in [7, 11) is 0. The largest absolute Gasteiger partial charge is 0.390 e. The summed E-state index contributed by atoms with van der Waals surface area (Å²) in [5.74, 6) is -3.03. The normalized spacial score (nSPS) is 13.0. The molecule has 0 fully saturated rings. The molecule has 0 saturated heterocycles. The Morgan fingerprint density at radius 3 is 2.25 bits per heavy atom. The van der Waals surface area contributed by atoms with E-state index in [-0.39, 0.29) is 0 Å². The number of aliphatic hydroxyl groups is 1. The van der Waals surface area contributed by atoms with E-state index in [0.717, 1.165) is 0 Å². The summed E-state index contributed by atoms with van der Waals surface area (Å²) in [6.45, 7) is 0.362. The van der Waals surface area contributed by atoms with E-state index in [0.29, 0.717) is 6.08 Å². The van der Waals surface area contributed by atoms with Crippen molar-refractivity contribution in [2.45, 2.75) is 12.8 Å². The molecular formula is C5H8F2O. The molecule has 0 rings (SSSR count). The van der Waals surface area contributed by atoms with Crippen molar-refractivity contribution in [3.63, 3.8) is 0 Å². The lowest BCUT2D eigenvalue weighted by Gasteiger charge is -2.04. The quantitative estimate of drug-likeness (QED) is 0.545. The highest BCUT2D eigenvalue weighted by atomic mass is 19.3. The van der Waals surface area contributed by atoms with Crippen LogP contribution in [0.25, 0.3) is 0 Å². The fourth-order valence-corrected chi connectivity index (χ4v) is 0.297. The van der Waals surface area contributed by atoms with Crippen molar-refractivity contribution in [1.82, 2.24) is 0 Å². The number of hydrogen-bond acceptors (Lipinski definition) is 1. The highest BCUT2D eigenvalue weighted by molar-refractivity contribution is 4.91. The first kappa shape index (κ1) is 7.56. The van der Waals surface area contributed by atoms with Gasteiger partial charge in [0.05, 0.1) is 0 Å². The summed E-state index contributed by atoms with van der Waals surface area (Å²) in [4.78, 5) is 0. The molecule has 0 aromatic carbocycles. The van der Waals surface area contributed by atoms with Crippen molar-refractivity contribution >= 4 is 0 Å². The summed E-state index contributed by atoms with van der Waals surface area (Å²) in [5, 5.41) is 7.92. The number of alkyl halides is 2. The first-order chi connectivity index (χ1) is 3.62. The molecule has 0 unspecified atom stereocenters. The minimum absolute atomic E-state index is 0.660. The minimum Gasteiger partial charge on any atom is -0.390 e. The molecule has 0 aliphatic rings. The first-order valence-electron chi connectivity index (χ1n) is 2.25. The predicted molar refractivity (Wildman–Crippen MR) is 26.8 cm³/mol. The van der Waals surface area contributed by atoms with Crippen molar-refractivity contribution in [2.24, 2.45) is 0 Å². The smallest absolute Gasteiger partial charge is 0.289 e. The van der Waals surface area contributed by atoms with Gasteiger partial charge in [-0.15, -0.1) is 0 Å². The van der Waals surface area contributed by atoms with Crippen molar-refractivity contribution in [3.05, 3.63) is 12.2 Å². The second-order valence-electron chi connectivity index (χ2n) is 1.42. The Kier molecular flexibility index (Phi) is 2.62. The van der Waals surface area contributed by atoms with Gasteiger partial charge in [-0.1, -0.05) is 6.08 Å². The maximum Gasteiger partial charge on any atom is 0.289 e. The van der Waals surface area contributed by atoms with E-state index in [1.807, 2.05) is 0 Å². The average molecular weight is 122 g/mol. The van der Waals surface area contributed by atoms with E-state index >= 15 is 0 Å². The Morgan fingerprint density at radius 2 is 2.12 bits per heavy atom. The molecule has 3 heteroatoms. The Hall–Kier alpha value is -0.440. The molecule has 1 N–H and O–H groups in total. The van der Waals surface area contributed by atoms with Gasteiger partial charge in [-0.25, -0.2) is 0 Å². The summed E-state index contributed by atoms with van der Waals surface area (Å²) in [6.07, 6.45) is 1.86. The third kappa shape index (κ3) is 2.69. The molecule has 0 bridgehead atoms. The Bertz CT molecular complexity index is 88.4. The zero-order chi connectivity index (χ0) is 6.62. The van der Waals surface area contributed by atoms with Gasteiger partial charge in [-0.2, -0.15) is 8.78 Å². The van der Waals surface area contributed by atoms with Crippen molar-refractivity contribution in [2.75, 3.05) is 6.61 Å². The zero-order valence-corrected chi connectivity index (χ0v) is 4.56. The van der Waals surface area contributed by atoms with Crippen LogP contribution < -0.4 is 0 Å². The molecule has 0 radical (unpaired) electrons. The summed E-state index contributed by atoms with van der Waals surface area (Å²) < 4.78 is 23.6. The van der Waals surface area contributed by atoms with Gasteiger partial charge >= 0.3 is 0 Å². The van der Waals surface area contributed by atoms with Crippen molar-refractivity contribution in [3.8, 4) is 0 Å². The molecule has 0 aromatic rings. The van der Waals surface area contributed by atoms with Crippen LogP contribution in [0.2, 0.25) is 0 Å². The Labute approximate surface area is 46.6 Å². The maximum atomic E-state index is 11.8. The van der Waals surface area contributed by atoms with Gasteiger partial charge in [0.15, 0.2) is 0 Å². The predicted octanol–water partition coefficient (Wildman–Crippen LogP) is 1.19. The maximum absolute atomic E-state index is 11.8. The minimum atomic E-state index is -3.03. The van der Waals surface area contributed by atoms with Crippen LogP contribution in [0.1, 0.15) is 6.92 Å². The van der Waals surface area contributed by atoms with Crippen LogP contribution in [0.3, 0.4) is 0 Å².